The summed E-state index contributed by atoms with van der Waals surface area (Å²) in [7, 11) is 0. The highest BCUT2D eigenvalue weighted by Gasteiger charge is 2.26. The first-order valence-electron chi connectivity index (χ1n) is 8.88. The molecule has 1 fully saturated rings. The van der Waals surface area contributed by atoms with E-state index in [9.17, 15) is 4.79 Å². The van der Waals surface area contributed by atoms with Gasteiger partial charge in [0.25, 0.3) is 5.91 Å². The third kappa shape index (κ3) is 4.03. The Morgan fingerprint density at radius 1 is 1.20 bits per heavy atom. The van der Waals surface area contributed by atoms with Crippen LogP contribution in [0.25, 0.3) is 0 Å². The van der Waals surface area contributed by atoms with Gasteiger partial charge in [0.1, 0.15) is 18.1 Å². The molecule has 1 amide bonds. The van der Waals surface area contributed by atoms with Crippen LogP contribution in [0.5, 0.6) is 5.75 Å². The molecule has 5 heteroatoms. The number of amides is 1. The van der Waals surface area contributed by atoms with Crippen LogP contribution >= 0.6 is 0 Å². The standard InChI is InChI=1S/C20H26N2O3/c1-13-9-14(2)11-22(10-13)20(23)17-5-7-18(8-6-17)24-12-19-15(3)21-25-16(19)4/h5-8,13-14H,9-12H2,1-4H3/t13-,14-/m1/s1. The van der Waals surface area contributed by atoms with Gasteiger partial charge in [0, 0.05) is 18.7 Å². The van der Waals surface area contributed by atoms with Crippen LogP contribution in [0.3, 0.4) is 0 Å². The zero-order valence-electron chi connectivity index (χ0n) is 15.4. The van der Waals surface area contributed by atoms with Gasteiger partial charge in [0.2, 0.25) is 0 Å². The lowest BCUT2D eigenvalue weighted by Crippen LogP contribution is -2.42. The van der Waals surface area contributed by atoms with Crippen molar-refractivity contribution in [3.63, 3.8) is 0 Å². The van der Waals surface area contributed by atoms with Crippen LogP contribution in [0.1, 0.15) is 47.6 Å². The van der Waals surface area contributed by atoms with Crippen LogP contribution in [-0.4, -0.2) is 29.1 Å². The molecule has 0 aliphatic carbocycles. The van der Waals surface area contributed by atoms with Crippen molar-refractivity contribution in [2.24, 2.45) is 11.8 Å². The topological polar surface area (TPSA) is 55.6 Å². The smallest absolute Gasteiger partial charge is 0.253 e. The summed E-state index contributed by atoms with van der Waals surface area (Å²) in [5.74, 6) is 2.74. The van der Waals surface area contributed by atoms with E-state index in [-0.39, 0.29) is 5.91 Å². The molecule has 1 aliphatic rings. The number of aromatic nitrogens is 1. The molecule has 5 nitrogen and oxygen atoms in total. The second-order valence-corrected chi connectivity index (χ2v) is 7.27. The second kappa shape index (κ2) is 7.30. The Morgan fingerprint density at radius 2 is 1.84 bits per heavy atom. The van der Waals surface area contributed by atoms with E-state index in [1.165, 1.54) is 6.42 Å². The molecular weight excluding hydrogens is 316 g/mol. The number of nitrogens with zero attached hydrogens (tertiary/aromatic N) is 2. The van der Waals surface area contributed by atoms with Crippen LogP contribution in [0.4, 0.5) is 0 Å². The molecule has 2 atom stereocenters. The number of ether oxygens (including phenoxy) is 1. The lowest BCUT2D eigenvalue weighted by atomic mass is 9.91. The average molecular weight is 342 g/mol. The molecule has 1 aromatic heterocycles. The largest absolute Gasteiger partial charge is 0.489 e. The maximum atomic E-state index is 12.7. The molecule has 0 bridgehead atoms. The zero-order chi connectivity index (χ0) is 18.0. The van der Waals surface area contributed by atoms with Crippen molar-refractivity contribution >= 4 is 5.91 Å². The van der Waals surface area contributed by atoms with Crippen LogP contribution in [0, 0.1) is 25.7 Å². The van der Waals surface area contributed by atoms with Gasteiger partial charge in [-0.3, -0.25) is 4.79 Å². The molecule has 1 aromatic carbocycles. The normalized spacial score (nSPS) is 20.6. The van der Waals surface area contributed by atoms with E-state index in [0.29, 0.717) is 24.0 Å². The van der Waals surface area contributed by atoms with Crippen LogP contribution in [0.2, 0.25) is 0 Å². The Labute approximate surface area is 148 Å². The number of hydrogen-bond acceptors (Lipinski definition) is 4. The molecule has 0 radical (unpaired) electrons. The molecule has 2 heterocycles. The van der Waals surface area contributed by atoms with E-state index in [1.807, 2.05) is 43.0 Å². The van der Waals surface area contributed by atoms with Crippen LogP contribution in [-0.2, 0) is 6.61 Å². The van der Waals surface area contributed by atoms with Crippen molar-refractivity contribution in [3.05, 3.63) is 46.8 Å². The van der Waals surface area contributed by atoms with Crippen molar-refractivity contribution in [1.29, 1.82) is 0 Å². The van der Waals surface area contributed by atoms with Crippen molar-refractivity contribution in [2.75, 3.05) is 13.1 Å². The summed E-state index contributed by atoms with van der Waals surface area (Å²) in [5, 5.41) is 3.92. The Kier molecular flexibility index (Phi) is 5.11. The second-order valence-electron chi connectivity index (χ2n) is 7.27. The van der Waals surface area contributed by atoms with E-state index < -0.39 is 0 Å². The minimum absolute atomic E-state index is 0.107. The van der Waals surface area contributed by atoms with Gasteiger partial charge >= 0.3 is 0 Å². The summed E-state index contributed by atoms with van der Waals surface area (Å²) in [6, 6.07) is 7.38. The molecule has 25 heavy (non-hydrogen) atoms. The molecule has 3 rings (SSSR count). The Bertz CT molecular complexity index is 706. The summed E-state index contributed by atoms with van der Waals surface area (Å²) in [6.45, 7) is 10.3. The highest BCUT2D eigenvalue weighted by Crippen LogP contribution is 2.23. The highest BCUT2D eigenvalue weighted by atomic mass is 16.5. The number of carbonyl (C=O) groups is 1. The van der Waals surface area contributed by atoms with E-state index in [2.05, 4.69) is 19.0 Å². The van der Waals surface area contributed by atoms with E-state index in [1.54, 1.807) is 0 Å². The highest BCUT2D eigenvalue weighted by molar-refractivity contribution is 5.94. The summed E-state index contributed by atoms with van der Waals surface area (Å²) >= 11 is 0. The first kappa shape index (κ1) is 17.5. The molecule has 134 valence electrons. The predicted octanol–water partition coefficient (Wildman–Crippen LogP) is 3.99. The third-order valence-corrected chi connectivity index (χ3v) is 4.82. The first-order chi connectivity index (χ1) is 11.9. The van der Waals surface area contributed by atoms with Crippen molar-refractivity contribution in [1.82, 2.24) is 10.1 Å². The molecular formula is C20H26N2O3. The number of aryl methyl sites for hydroxylation is 2. The number of benzene rings is 1. The number of hydrogen-bond donors (Lipinski definition) is 0. The molecule has 0 spiro atoms. The van der Waals surface area contributed by atoms with Crippen molar-refractivity contribution in [2.45, 2.75) is 40.7 Å². The van der Waals surface area contributed by atoms with E-state index >= 15 is 0 Å². The van der Waals surface area contributed by atoms with Gasteiger partial charge in [-0.15, -0.1) is 0 Å². The zero-order valence-corrected chi connectivity index (χ0v) is 15.4. The summed E-state index contributed by atoms with van der Waals surface area (Å²) in [4.78, 5) is 14.7. The van der Waals surface area contributed by atoms with Gasteiger partial charge in [-0.25, -0.2) is 0 Å². The quantitative estimate of drug-likeness (QED) is 0.843. The molecule has 2 aromatic rings. The van der Waals surface area contributed by atoms with Gasteiger partial charge in [0.05, 0.1) is 11.3 Å². The Balaban J connectivity index is 1.63. The molecule has 1 saturated heterocycles. The fourth-order valence-corrected chi connectivity index (χ4v) is 3.57. The van der Waals surface area contributed by atoms with E-state index in [4.69, 9.17) is 9.26 Å². The summed E-state index contributed by atoms with van der Waals surface area (Å²) in [6.07, 6.45) is 1.19. The monoisotopic (exact) mass is 342 g/mol. The molecule has 1 aliphatic heterocycles. The fourth-order valence-electron chi connectivity index (χ4n) is 3.57. The van der Waals surface area contributed by atoms with Crippen LogP contribution in [0.15, 0.2) is 28.8 Å². The minimum atomic E-state index is 0.107. The van der Waals surface area contributed by atoms with Gasteiger partial charge in [-0.2, -0.15) is 0 Å². The predicted molar refractivity (Wildman–Crippen MR) is 95.6 cm³/mol. The first-order valence-corrected chi connectivity index (χ1v) is 8.88. The summed E-state index contributed by atoms with van der Waals surface area (Å²) in [5.41, 5.74) is 2.53. The Hall–Kier alpha value is -2.30. The third-order valence-electron chi connectivity index (χ3n) is 4.82. The molecule has 0 unspecified atom stereocenters. The lowest BCUT2D eigenvalue weighted by Gasteiger charge is -2.35. The molecule has 0 N–H and O–H groups in total. The van der Waals surface area contributed by atoms with Crippen molar-refractivity contribution < 1.29 is 14.1 Å². The van der Waals surface area contributed by atoms with Gasteiger partial charge in [0.15, 0.2) is 0 Å². The number of carbonyl (C=O) groups excluding carboxylic acids is 1. The minimum Gasteiger partial charge on any atom is -0.489 e. The fraction of sp³-hybridized carbons (Fsp3) is 0.500. The van der Waals surface area contributed by atoms with Gasteiger partial charge in [-0.05, 0) is 56.4 Å². The SMILES string of the molecule is Cc1noc(C)c1COc1ccc(C(=O)N2C[C@H](C)C[C@@H](C)C2)cc1. The summed E-state index contributed by atoms with van der Waals surface area (Å²) < 4.78 is 10.9. The maximum Gasteiger partial charge on any atom is 0.253 e. The molecule has 0 saturated carbocycles. The average Bonchev–Trinajstić information content (AvgIpc) is 2.90. The Morgan fingerprint density at radius 3 is 2.40 bits per heavy atom. The number of likely N-dealkylation sites (tertiary alicyclic amines) is 1. The van der Waals surface area contributed by atoms with Crippen LogP contribution < -0.4 is 4.74 Å². The van der Waals surface area contributed by atoms with Gasteiger partial charge in [-0.1, -0.05) is 19.0 Å². The number of piperidine rings is 1. The maximum absolute atomic E-state index is 12.7. The van der Waals surface area contributed by atoms with Crippen molar-refractivity contribution in [3.8, 4) is 5.75 Å². The lowest BCUT2D eigenvalue weighted by molar-refractivity contribution is 0.0623. The van der Waals surface area contributed by atoms with Gasteiger partial charge < -0.3 is 14.2 Å². The number of rotatable bonds is 4. The van der Waals surface area contributed by atoms with E-state index in [0.717, 1.165) is 35.9 Å².